The van der Waals surface area contributed by atoms with Crippen molar-refractivity contribution in [2.75, 3.05) is 11.5 Å². The average molecular weight is 187 g/mol. The average Bonchev–Trinajstić information content (AvgIpc) is 1.55. The zero-order valence-corrected chi connectivity index (χ0v) is 6.04. The number of halogens is 3. The molecular weight excluding hydrogens is 183 g/mol. The third kappa shape index (κ3) is 5.66. The summed E-state index contributed by atoms with van der Waals surface area (Å²) >= 11 is 0. The van der Waals surface area contributed by atoms with Crippen molar-refractivity contribution < 1.29 is 21.6 Å². The van der Waals surface area contributed by atoms with Crippen molar-refractivity contribution in [1.29, 1.82) is 5.26 Å². The summed E-state index contributed by atoms with van der Waals surface area (Å²) in [6.07, 6.45) is -4.75. The van der Waals surface area contributed by atoms with Crippen LogP contribution in [0, 0.1) is 11.3 Å². The molecule has 0 atom stereocenters. The van der Waals surface area contributed by atoms with Gasteiger partial charge in [-0.3, -0.25) is 0 Å². The minimum Gasteiger partial charge on any atom is -0.227 e. The zero-order chi connectivity index (χ0) is 9.12. The van der Waals surface area contributed by atoms with Gasteiger partial charge in [-0.2, -0.15) is 18.4 Å². The summed E-state index contributed by atoms with van der Waals surface area (Å²) in [4.78, 5) is 0. The molecule has 0 aliphatic heterocycles. The first-order valence-electron chi connectivity index (χ1n) is 2.41. The predicted octanol–water partition coefficient (Wildman–Crippen LogP) is 0.487. The quantitative estimate of drug-likeness (QED) is 0.632. The van der Waals surface area contributed by atoms with Gasteiger partial charge in [0.15, 0.2) is 9.84 Å². The lowest BCUT2D eigenvalue weighted by Crippen LogP contribution is -2.24. The van der Waals surface area contributed by atoms with Crippen molar-refractivity contribution in [2.24, 2.45) is 0 Å². The van der Waals surface area contributed by atoms with Gasteiger partial charge < -0.3 is 0 Å². The maximum Gasteiger partial charge on any atom is 0.402 e. The number of nitriles is 1. The highest BCUT2D eigenvalue weighted by molar-refractivity contribution is 7.91. The molecule has 0 N–H and O–H groups in total. The van der Waals surface area contributed by atoms with Gasteiger partial charge in [-0.1, -0.05) is 0 Å². The van der Waals surface area contributed by atoms with E-state index < -0.39 is 27.5 Å². The molecule has 64 valence electrons. The Hall–Kier alpha value is -0.770. The third-order valence-electron chi connectivity index (χ3n) is 0.668. The Balaban J connectivity index is 4.30. The molecule has 11 heavy (non-hydrogen) atoms. The van der Waals surface area contributed by atoms with E-state index in [1.807, 2.05) is 0 Å². The van der Waals surface area contributed by atoms with Gasteiger partial charge in [-0.05, 0) is 0 Å². The summed E-state index contributed by atoms with van der Waals surface area (Å²) in [7, 11) is -4.28. The van der Waals surface area contributed by atoms with Crippen LogP contribution >= 0.6 is 0 Å². The molecule has 0 saturated carbocycles. The molecule has 0 aliphatic carbocycles. The fourth-order valence-electron chi connectivity index (χ4n) is 0.399. The van der Waals surface area contributed by atoms with E-state index in [4.69, 9.17) is 5.26 Å². The van der Waals surface area contributed by atoms with Gasteiger partial charge in [0, 0.05) is 0 Å². The maximum absolute atomic E-state index is 11.4. The first kappa shape index (κ1) is 10.2. The lowest BCUT2D eigenvalue weighted by atomic mass is 10.8. The molecule has 0 amide bonds. The van der Waals surface area contributed by atoms with Crippen LogP contribution in [0.5, 0.6) is 0 Å². The molecular formula is C4H4F3NO2S. The van der Waals surface area contributed by atoms with Gasteiger partial charge in [0.05, 0.1) is 6.07 Å². The Kier molecular flexibility index (Phi) is 2.87. The summed E-state index contributed by atoms with van der Waals surface area (Å²) in [6, 6.07) is 1.14. The SMILES string of the molecule is N#CCS(=O)(=O)CC(F)(F)F. The number of sulfone groups is 1. The van der Waals surface area contributed by atoms with Crippen LogP contribution in [0.2, 0.25) is 0 Å². The van der Waals surface area contributed by atoms with Gasteiger partial charge in [0.1, 0.15) is 11.5 Å². The third-order valence-corrected chi connectivity index (χ3v) is 2.00. The molecule has 3 nitrogen and oxygen atoms in total. The lowest BCUT2D eigenvalue weighted by molar-refractivity contribution is -0.106. The van der Waals surface area contributed by atoms with Crippen molar-refractivity contribution in [3.05, 3.63) is 0 Å². The number of rotatable bonds is 2. The Morgan fingerprint density at radius 3 is 2.09 bits per heavy atom. The highest BCUT2D eigenvalue weighted by Crippen LogP contribution is 2.17. The minimum atomic E-state index is -4.75. The highest BCUT2D eigenvalue weighted by atomic mass is 32.2. The monoisotopic (exact) mass is 187 g/mol. The number of hydrogen-bond acceptors (Lipinski definition) is 3. The van der Waals surface area contributed by atoms with E-state index >= 15 is 0 Å². The van der Waals surface area contributed by atoms with Gasteiger partial charge in [-0.15, -0.1) is 0 Å². The van der Waals surface area contributed by atoms with Crippen molar-refractivity contribution in [3.63, 3.8) is 0 Å². The Morgan fingerprint density at radius 1 is 1.36 bits per heavy atom. The van der Waals surface area contributed by atoms with Gasteiger partial charge in [0.2, 0.25) is 0 Å². The summed E-state index contributed by atoms with van der Waals surface area (Å²) in [5, 5.41) is 7.80. The Morgan fingerprint density at radius 2 is 1.82 bits per heavy atom. The minimum absolute atomic E-state index is 1.09. The van der Waals surface area contributed by atoms with Crippen LogP contribution in [0.25, 0.3) is 0 Å². The van der Waals surface area contributed by atoms with E-state index in [9.17, 15) is 21.6 Å². The van der Waals surface area contributed by atoms with Crippen LogP contribution < -0.4 is 0 Å². The molecule has 0 fully saturated rings. The van der Waals surface area contributed by atoms with Crippen molar-refractivity contribution in [1.82, 2.24) is 0 Å². The topological polar surface area (TPSA) is 57.9 Å². The standard InChI is InChI=1S/C4H4F3NO2S/c5-4(6,7)3-11(9,10)2-1-8/h2-3H2. The van der Waals surface area contributed by atoms with Gasteiger partial charge in [0.25, 0.3) is 0 Å². The molecule has 0 heterocycles. The maximum atomic E-state index is 11.4. The van der Waals surface area contributed by atoms with Gasteiger partial charge in [-0.25, -0.2) is 8.42 Å². The van der Waals surface area contributed by atoms with E-state index in [2.05, 4.69) is 0 Å². The largest absolute Gasteiger partial charge is 0.402 e. The van der Waals surface area contributed by atoms with E-state index in [1.54, 1.807) is 0 Å². The predicted molar refractivity (Wildman–Crippen MR) is 30.3 cm³/mol. The molecule has 0 radical (unpaired) electrons. The van der Waals surface area contributed by atoms with E-state index in [0.717, 1.165) is 6.07 Å². The number of alkyl halides is 3. The van der Waals surface area contributed by atoms with Crippen LogP contribution in [-0.2, 0) is 9.84 Å². The van der Waals surface area contributed by atoms with Crippen LogP contribution in [0.3, 0.4) is 0 Å². The van der Waals surface area contributed by atoms with Crippen molar-refractivity contribution in [2.45, 2.75) is 6.18 Å². The fraction of sp³-hybridized carbons (Fsp3) is 0.750. The van der Waals surface area contributed by atoms with Gasteiger partial charge >= 0.3 is 6.18 Å². The molecule has 7 heteroatoms. The first-order chi connectivity index (χ1) is 4.77. The molecule has 0 bridgehead atoms. The molecule has 0 spiro atoms. The van der Waals surface area contributed by atoms with Crippen LogP contribution in [-0.4, -0.2) is 26.1 Å². The molecule has 0 aromatic heterocycles. The van der Waals surface area contributed by atoms with Crippen LogP contribution in [0.4, 0.5) is 13.2 Å². The van der Waals surface area contributed by atoms with Crippen LogP contribution in [0.15, 0.2) is 0 Å². The molecule has 0 aromatic rings. The van der Waals surface area contributed by atoms with Crippen LogP contribution in [0.1, 0.15) is 0 Å². The van der Waals surface area contributed by atoms with Crippen molar-refractivity contribution in [3.8, 4) is 6.07 Å². The molecule has 0 unspecified atom stereocenters. The summed E-state index contributed by atoms with van der Waals surface area (Å²) in [5.41, 5.74) is 0. The second-order valence-corrected chi connectivity index (χ2v) is 3.87. The fourth-order valence-corrected chi connectivity index (χ4v) is 1.20. The molecule has 0 saturated heterocycles. The van der Waals surface area contributed by atoms with Crippen molar-refractivity contribution >= 4 is 9.84 Å². The number of hydrogen-bond donors (Lipinski definition) is 0. The summed E-state index contributed by atoms with van der Waals surface area (Å²) in [5.74, 6) is -3.01. The Labute approximate surface area is 61.3 Å². The van der Waals surface area contributed by atoms with E-state index in [1.165, 1.54) is 0 Å². The highest BCUT2D eigenvalue weighted by Gasteiger charge is 2.34. The van der Waals surface area contributed by atoms with E-state index in [-0.39, 0.29) is 0 Å². The summed E-state index contributed by atoms with van der Waals surface area (Å²) in [6.45, 7) is 0. The second-order valence-electron chi connectivity index (χ2n) is 1.81. The van der Waals surface area contributed by atoms with E-state index in [0.29, 0.717) is 0 Å². The molecule has 0 rings (SSSR count). The first-order valence-corrected chi connectivity index (χ1v) is 4.23. The normalized spacial score (nSPS) is 12.5. The lowest BCUT2D eigenvalue weighted by Gasteiger charge is -2.03. The zero-order valence-electron chi connectivity index (χ0n) is 5.22. The molecule has 0 aromatic carbocycles. The smallest absolute Gasteiger partial charge is 0.227 e. The summed E-state index contributed by atoms with van der Waals surface area (Å²) < 4.78 is 54.8. The Bertz CT molecular complexity index is 260. The molecule has 0 aliphatic rings. The number of nitrogens with zero attached hydrogens (tertiary/aromatic N) is 1. The second kappa shape index (κ2) is 3.09.